The molecule has 4 nitrogen and oxygen atoms in total. The molecule has 0 aliphatic heterocycles. The summed E-state index contributed by atoms with van der Waals surface area (Å²) in [6, 6.07) is 14.4. The minimum atomic E-state index is -0.102. The monoisotopic (exact) mass is 325 g/mol. The van der Waals surface area contributed by atoms with Gasteiger partial charge in [-0.25, -0.2) is 9.78 Å². The first kappa shape index (κ1) is 15.5. The van der Waals surface area contributed by atoms with E-state index in [-0.39, 0.29) is 6.03 Å². The predicted molar refractivity (Wildman–Crippen MR) is 97.0 cm³/mol. The number of carbonyl (C=O) groups is 1. The summed E-state index contributed by atoms with van der Waals surface area (Å²) < 4.78 is 0. The number of anilines is 1. The largest absolute Gasteiger partial charge is 0.325 e. The second kappa shape index (κ2) is 6.79. The molecule has 0 spiro atoms. The topological polar surface area (TPSA) is 45.2 Å². The molecular weight excluding hydrogens is 306 g/mol. The Hall–Kier alpha value is -2.40. The van der Waals surface area contributed by atoms with Crippen LogP contribution in [0.1, 0.15) is 13.8 Å². The fourth-order valence-corrected chi connectivity index (χ4v) is 3.20. The molecule has 3 rings (SSSR count). The lowest BCUT2D eigenvalue weighted by Gasteiger charge is -2.17. The van der Waals surface area contributed by atoms with Crippen LogP contribution in [0.15, 0.2) is 47.8 Å². The quantitative estimate of drug-likeness (QED) is 0.746. The summed E-state index contributed by atoms with van der Waals surface area (Å²) in [7, 11) is 0. The molecule has 3 aromatic rings. The molecule has 0 saturated carbocycles. The zero-order valence-corrected chi connectivity index (χ0v) is 14.1. The molecule has 1 heterocycles. The number of nitrogens with one attached hydrogen (secondary N) is 1. The van der Waals surface area contributed by atoms with Crippen LogP contribution in [-0.4, -0.2) is 29.0 Å². The number of hydrogen-bond acceptors (Lipinski definition) is 3. The Kier molecular flexibility index (Phi) is 4.57. The van der Waals surface area contributed by atoms with Crippen molar-refractivity contribution in [2.45, 2.75) is 13.8 Å². The summed E-state index contributed by atoms with van der Waals surface area (Å²) in [5.41, 5.74) is 1.94. The number of amides is 2. The van der Waals surface area contributed by atoms with Crippen LogP contribution in [0.2, 0.25) is 0 Å². The molecule has 0 atom stereocenters. The van der Waals surface area contributed by atoms with E-state index in [0.717, 1.165) is 11.3 Å². The Labute approximate surface area is 139 Å². The van der Waals surface area contributed by atoms with E-state index in [0.29, 0.717) is 18.2 Å². The first-order valence-electron chi connectivity index (χ1n) is 7.72. The normalized spacial score (nSPS) is 10.7. The van der Waals surface area contributed by atoms with Crippen molar-refractivity contribution in [2.24, 2.45) is 0 Å². The van der Waals surface area contributed by atoms with Crippen LogP contribution in [0.5, 0.6) is 0 Å². The van der Waals surface area contributed by atoms with Gasteiger partial charge in [0.2, 0.25) is 0 Å². The van der Waals surface area contributed by atoms with E-state index in [1.807, 2.05) is 31.4 Å². The van der Waals surface area contributed by atoms with Crippen LogP contribution in [0.4, 0.5) is 9.93 Å². The summed E-state index contributed by atoms with van der Waals surface area (Å²) in [5, 5.41) is 7.87. The lowest BCUT2D eigenvalue weighted by molar-refractivity contribution is 0.217. The van der Waals surface area contributed by atoms with Gasteiger partial charge < -0.3 is 4.90 Å². The molecule has 1 aromatic heterocycles. The molecule has 1 N–H and O–H groups in total. The van der Waals surface area contributed by atoms with Crippen LogP contribution >= 0.6 is 11.3 Å². The Bertz CT molecular complexity index is 824. The SMILES string of the molecule is CCN(CC)C(=O)Nc1nc(-c2ccc3ccccc3c2)cs1. The van der Waals surface area contributed by atoms with Crippen molar-refractivity contribution in [1.29, 1.82) is 0 Å². The van der Waals surface area contributed by atoms with Crippen LogP contribution in [0.25, 0.3) is 22.0 Å². The average Bonchev–Trinajstić information content (AvgIpc) is 3.04. The zero-order valence-electron chi connectivity index (χ0n) is 13.2. The number of nitrogens with zero attached hydrogens (tertiary/aromatic N) is 2. The van der Waals surface area contributed by atoms with E-state index in [1.54, 1.807) is 4.90 Å². The third-order valence-electron chi connectivity index (χ3n) is 3.81. The highest BCUT2D eigenvalue weighted by Gasteiger charge is 2.12. The van der Waals surface area contributed by atoms with Gasteiger partial charge in [-0.2, -0.15) is 0 Å². The van der Waals surface area contributed by atoms with Crippen molar-refractivity contribution < 1.29 is 4.79 Å². The maximum Gasteiger partial charge on any atom is 0.323 e. The van der Waals surface area contributed by atoms with E-state index in [2.05, 4.69) is 40.6 Å². The van der Waals surface area contributed by atoms with Crippen LogP contribution in [0, 0.1) is 0 Å². The van der Waals surface area contributed by atoms with Gasteiger partial charge in [-0.15, -0.1) is 11.3 Å². The fraction of sp³-hybridized carbons (Fsp3) is 0.222. The molecule has 0 fully saturated rings. The molecule has 0 aliphatic carbocycles. The smallest absolute Gasteiger partial charge is 0.323 e. The third kappa shape index (κ3) is 3.35. The van der Waals surface area contributed by atoms with E-state index in [1.165, 1.54) is 22.1 Å². The summed E-state index contributed by atoms with van der Waals surface area (Å²) in [6.07, 6.45) is 0. The van der Waals surface area contributed by atoms with Crippen molar-refractivity contribution >= 4 is 33.3 Å². The van der Waals surface area contributed by atoms with Gasteiger partial charge >= 0.3 is 6.03 Å². The molecule has 0 radical (unpaired) electrons. The van der Waals surface area contributed by atoms with Gasteiger partial charge in [0.1, 0.15) is 0 Å². The highest BCUT2D eigenvalue weighted by atomic mass is 32.1. The first-order chi connectivity index (χ1) is 11.2. The fourth-order valence-electron chi connectivity index (χ4n) is 2.49. The van der Waals surface area contributed by atoms with Crippen LogP contribution < -0.4 is 5.32 Å². The number of carbonyl (C=O) groups excluding carboxylic acids is 1. The van der Waals surface area contributed by atoms with E-state index in [9.17, 15) is 4.79 Å². The lowest BCUT2D eigenvalue weighted by Crippen LogP contribution is -2.34. The van der Waals surface area contributed by atoms with Gasteiger partial charge in [-0.3, -0.25) is 5.32 Å². The summed E-state index contributed by atoms with van der Waals surface area (Å²) in [4.78, 5) is 18.3. The Balaban J connectivity index is 1.81. The number of fused-ring (bicyclic) bond motifs is 1. The number of urea groups is 1. The molecule has 0 unspecified atom stereocenters. The number of hydrogen-bond donors (Lipinski definition) is 1. The van der Waals surface area contributed by atoms with E-state index < -0.39 is 0 Å². The van der Waals surface area contributed by atoms with Gasteiger partial charge in [-0.1, -0.05) is 36.4 Å². The highest BCUT2D eigenvalue weighted by Crippen LogP contribution is 2.27. The van der Waals surface area contributed by atoms with Crippen molar-refractivity contribution in [3.8, 4) is 11.3 Å². The number of aromatic nitrogens is 1. The summed E-state index contributed by atoms with van der Waals surface area (Å²) in [5.74, 6) is 0. The van der Waals surface area contributed by atoms with Crippen molar-refractivity contribution in [3.05, 3.63) is 47.8 Å². The Morgan fingerprint density at radius 2 is 1.87 bits per heavy atom. The van der Waals surface area contributed by atoms with Crippen LogP contribution in [0.3, 0.4) is 0 Å². The zero-order chi connectivity index (χ0) is 16.2. The van der Waals surface area contributed by atoms with Gasteiger partial charge in [0.15, 0.2) is 5.13 Å². The molecular formula is C18H19N3OS. The summed E-state index contributed by atoms with van der Waals surface area (Å²) in [6.45, 7) is 5.30. The molecule has 0 aliphatic rings. The number of rotatable bonds is 4. The van der Waals surface area contributed by atoms with E-state index in [4.69, 9.17) is 0 Å². The van der Waals surface area contributed by atoms with Crippen LogP contribution in [-0.2, 0) is 0 Å². The van der Waals surface area contributed by atoms with Gasteiger partial charge in [0.05, 0.1) is 5.69 Å². The lowest BCUT2D eigenvalue weighted by atomic mass is 10.1. The number of benzene rings is 2. The molecule has 2 aromatic carbocycles. The molecule has 118 valence electrons. The first-order valence-corrected chi connectivity index (χ1v) is 8.60. The maximum atomic E-state index is 12.1. The number of thiazole rings is 1. The molecule has 0 bridgehead atoms. The third-order valence-corrected chi connectivity index (χ3v) is 4.57. The standard InChI is InChI=1S/C18H19N3OS/c1-3-21(4-2)18(22)20-17-19-16(12-23-17)15-10-9-13-7-5-6-8-14(13)11-15/h5-12H,3-4H2,1-2H3,(H,19,20,22). The molecule has 5 heteroatoms. The predicted octanol–water partition coefficient (Wildman–Crippen LogP) is 4.84. The van der Waals surface area contributed by atoms with Crippen molar-refractivity contribution in [3.63, 3.8) is 0 Å². The van der Waals surface area contributed by atoms with Crippen molar-refractivity contribution in [1.82, 2.24) is 9.88 Å². The maximum absolute atomic E-state index is 12.1. The van der Waals surface area contributed by atoms with Crippen molar-refractivity contribution in [2.75, 3.05) is 18.4 Å². The molecule has 2 amide bonds. The second-order valence-electron chi connectivity index (χ2n) is 5.20. The van der Waals surface area contributed by atoms with Gasteiger partial charge in [0, 0.05) is 24.0 Å². The highest BCUT2D eigenvalue weighted by molar-refractivity contribution is 7.14. The van der Waals surface area contributed by atoms with E-state index >= 15 is 0 Å². The van der Waals surface area contributed by atoms with Gasteiger partial charge in [0.25, 0.3) is 0 Å². The molecule has 0 saturated heterocycles. The average molecular weight is 325 g/mol. The molecule has 23 heavy (non-hydrogen) atoms. The second-order valence-corrected chi connectivity index (χ2v) is 6.06. The van der Waals surface area contributed by atoms with Gasteiger partial charge in [-0.05, 0) is 30.7 Å². The summed E-state index contributed by atoms with van der Waals surface area (Å²) >= 11 is 1.45. The Morgan fingerprint density at radius 3 is 2.61 bits per heavy atom. The minimum Gasteiger partial charge on any atom is -0.325 e. The Morgan fingerprint density at radius 1 is 1.13 bits per heavy atom. The minimum absolute atomic E-state index is 0.102.